The highest BCUT2D eigenvalue weighted by atomic mass is 16.6. The maximum absolute atomic E-state index is 12.1. The average Bonchev–Trinajstić information content (AvgIpc) is 2.96. The monoisotopic (exact) mass is 280 g/mol. The molecule has 0 spiro atoms. The van der Waals surface area contributed by atoms with E-state index in [1.165, 1.54) is 18.2 Å². The topological polar surface area (TPSA) is 120 Å². The SMILES string of the molecule is NNc1cccc(C(=O)NCC2CCCO2)c1[N+](=O)[O-]. The van der Waals surface area contributed by atoms with Crippen molar-refractivity contribution in [2.24, 2.45) is 5.84 Å². The van der Waals surface area contributed by atoms with Crippen LogP contribution in [0.15, 0.2) is 18.2 Å². The predicted molar refractivity (Wildman–Crippen MR) is 72.2 cm³/mol. The Hall–Kier alpha value is -2.19. The van der Waals surface area contributed by atoms with Crippen molar-refractivity contribution in [2.45, 2.75) is 18.9 Å². The summed E-state index contributed by atoms with van der Waals surface area (Å²) in [5.74, 6) is 4.71. The number of nitro benzene ring substituents is 1. The van der Waals surface area contributed by atoms with Crippen LogP contribution in [0.5, 0.6) is 0 Å². The maximum atomic E-state index is 12.1. The van der Waals surface area contributed by atoms with Gasteiger partial charge in [-0.1, -0.05) is 6.07 Å². The molecule has 1 aliphatic heterocycles. The number of ether oxygens (including phenoxy) is 1. The molecule has 20 heavy (non-hydrogen) atoms. The van der Waals surface area contributed by atoms with E-state index in [4.69, 9.17) is 10.6 Å². The number of nitrogen functional groups attached to an aromatic ring is 1. The van der Waals surface area contributed by atoms with Gasteiger partial charge in [-0.3, -0.25) is 20.8 Å². The smallest absolute Gasteiger partial charge is 0.306 e. The second kappa shape index (κ2) is 6.31. The molecule has 0 radical (unpaired) electrons. The second-order valence-corrected chi connectivity index (χ2v) is 4.45. The summed E-state index contributed by atoms with van der Waals surface area (Å²) in [6, 6.07) is 4.36. The Balaban J connectivity index is 2.14. The first-order valence-electron chi connectivity index (χ1n) is 6.27. The minimum absolute atomic E-state index is 0.0196. The van der Waals surface area contributed by atoms with E-state index in [2.05, 4.69) is 10.7 Å². The predicted octanol–water partition coefficient (Wildman–Crippen LogP) is 0.789. The van der Waals surface area contributed by atoms with E-state index in [9.17, 15) is 14.9 Å². The molecule has 1 unspecified atom stereocenters. The quantitative estimate of drug-likeness (QED) is 0.416. The van der Waals surface area contributed by atoms with Crippen molar-refractivity contribution in [1.29, 1.82) is 0 Å². The first kappa shape index (κ1) is 14.2. The van der Waals surface area contributed by atoms with Gasteiger partial charge in [0.2, 0.25) is 0 Å². The molecule has 8 heteroatoms. The van der Waals surface area contributed by atoms with Crippen LogP contribution >= 0.6 is 0 Å². The summed E-state index contributed by atoms with van der Waals surface area (Å²) in [5.41, 5.74) is 1.96. The number of hydrazine groups is 1. The van der Waals surface area contributed by atoms with Gasteiger partial charge in [0, 0.05) is 13.2 Å². The van der Waals surface area contributed by atoms with Gasteiger partial charge in [-0.15, -0.1) is 0 Å². The van der Waals surface area contributed by atoms with Crippen molar-refractivity contribution in [3.8, 4) is 0 Å². The van der Waals surface area contributed by atoms with Crippen LogP contribution in [-0.4, -0.2) is 30.1 Å². The highest BCUT2D eigenvalue weighted by molar-refractivity contribution is 6.00. The van der Waals surface area contributed by atoms with Crippen LogP contribution in [0.3, 0.4) is 0 Å². The summed E-state index contributed by atoms with van der Waals surface area (Å²) in [6.45, 7) is 1.03. The van der Waals surface area contributed by atoms with E-state index in [0.29, 0.717) is 13.2 Å². The maximum Gasteiger partial charge on any atom is 0.306 e. The van der Waals surface area contributed by atoms with Crippen LogP contribution in [0.25, 0.3) is 0 Å². The number of benzene rings is 1. The van der Waals surface area contributed by atoms with Gasteiger partial charge in [-0.2, -0.15) is 0 Å². The second-order valence-electron chi connectivity index (χ2n) is 4.45. The minimum Gasteiger partial charge on any atom is -0.376 e. The van der Waals surface area contributed by atoms with E-state index in [1.54, 1.807) is 0 Å². The van der Waals surface area contributed by atoms with E-state index in [1.807, 2.05) is 0 Å². The molecular formula is C12H16N4O4. The number of hydrogen-bond acceptors (Lipinski definition) is 6. The molecule has 8 nitrogen and oxygen atoms in total. The lowest BCUT2D eigenvalue weighted by atomic mass is 10.1. The van der Waals surface area contributed by atoms with E-state index < -0.39 is 10.8 Å². The fourth-order valence-corrected chi connectivity index (χ4v) is 2.15. The van der Waals surface area contributed by atoms with Gasteiger partial charge in [0.25, 0.3) is 5.91 Å². The summed E-state index contributed by atoms with van der Waals surface area (Å²) in [7, 11) is 0. The van der Waals surface area contributed by atoms with Crippen LogP contribution in [0.4, 0.5) is 11.4 Å². The number of nitrogens with zero attached hydrogens (tertiary/aromatic N) is 1. The standard InChI is InChI=1S/C12H16N4O4/c13-15-10-5-1-4-9(11(10)16(18)19)12(17)14-7-8-3-2-6-20-8/h1,4-5,8,15H,2-3,6-7,13H2,(H,14,17). The minimum atomic E-state index is -0.629. The van der Waals surface area contributed by atoms with Gasteiger partial charge in [0.05, 0.1) is 11.0 Å². The van der Waals surface area contributed by atoms with Gasteiger partial charge < -0.3 is 15.5 Å². The Morgan fingerprint density at radius 3 is 2.95 bits per heavy atom. The fourth-order valence-electron chi connectivity index (χ4n) is 2.15. The molecule has 1 fully saturated rings. The van der Waals surface area contributed by atoms with Gasteiger partial charge >= 0.3 is 5.69 Å². The molecule has 1 aromatic rings. The third-order valence-corrected chi connectivity index (χ3v) is 3.13. The number of carbonyl (C=O) groups is 1. The molecule has 108 valence electrons. The Bertz CT molecular complexity index is 514. The Kier molecular flexibility index (Phi) is 4.49. The van der Waals surface area contributed by atoms with Crippen molar-refractivity contribution >= 4 is 17.3 Å². The number of nitrogens with two attached hydrogens (primary N) is 1. The van der Waals surface area contributed by atoms with Crippen molar-refractivity contribution in [3.05, 3.63) is 33.9 Å². The highest BCUT2D eigenvalue weighted by Crippen LogP contribution is 2.27. The molecule has 2 rings (SSSR count). The number of hydrogen-bond donors (Lipinski definition) is 3. The molecule has 0 aliphatic carbocycles. The highest BCUT2D eigenvalue weighted by Gasteiger charge is 2.25. The zero-order valence-electron chi connectivity index (χ0n) is 10.8. The molecule has 0 bridgehead atoms. The molecule has 4 N–H and O–H groups in total. The normalized spacial score (nSPS) is 17.8. The van der Waals surface area contributed by atoms with Crippen molar-refractivity contribution in [1.82, 2.24) is 5.32 Å². The number of carbonyl (C=O) groups excluding carboxylic acids is 1. The molecule has 1 saturated heterocycles. The third-order valence-electron chi connectivity index (χ3n) is 3.13. The van der Waals surface area contributed by atoms with E-state index in [-0.39, 0.29) is 23.0 Å². The summed E-state index contributed by atoms with van der Waals surface area (Å²) in [5, 5.41) is 13.7. The lowest BCUT2D eigenvalue weighted by Gasteiger charge is -2.11. The van der Waals surface area contributed by atoms with Crippen LogP contribution < -0.4 is 16.6 Å². The van der Waals surface area contributed by atoms with Crippen LogP contribution in [0.2, 0.25) is 0 Å². The zero-order chi connectivity index (χ0) is 14.5. The largest absolute Gasteiger partial charge is 0.376 e. The lowest BCUT2D eigenvalue weighted by Crippen LogP contribution is -2.32. The Labute approximate surface area is 115 Å². The Morgan fingerprint density at radius 1 is 1.55 bits per heavy atom. The van der Waals surface area contributed by atoms with Crippen molar-refractivity contribution in [2.75, 3.05) is 18.6 Å². The molecular weight excluding hydrogens is 264 g/mol. The van der Waals surface area contributed by atoms with E-state index in [0.717, 1.165) is 12.8 Å². The summed E-state index contributed by atoms with van der Waals surface area (Å²) in [4.78, 5) is 22.5. The molecule has 1 amide bonds. The number of nitrogens with one attached hydrogen (secondary N) is 2. The van der Waals surface area contributed by atoms with Gasteiger partial charge in [-0.05, 0) is 25.0 Å². The average molecular weight is 280 g/mol. The van der Waals surface area contributed by atoms with Gasteiger partial charge in [0.15, 0.2) is 0 Å². The number of rotatable bonds is 5. The molecule has 0 aromatic heterocycles. The third kappa shape index (κ3) is 3.03. The zero-order valence-corrected chi connectivity index (χ0v) is 10.8. The first-order chi connectivity index (χ1) is 9.63. The number of amides is 1. The number of anilines is 1. The lowest BCUT2D eigenvalue weighted by molar-refractivity contribution is -0.384. The first-order valence-corrected chi connectivity index (χ1v) is 6.27. The summed E-state index contributed by atoms with van der Waals surface area (Å²) < 4.78 is 5.38. The van der Waals surface area contributed by atoms with E-state index >= 15 is 0 Å². The summed E-state index contributed by atoms with van der Waals surface area (Å²) in [6.07, 6.45) is 1.83. The summed E-state index contributed by atoms with van der Waals surface area (Å²) >= 11 is 0. The fraction of sp³-hybridized carbons (Fsp3) is 0.417. The number of nitro groups is 1. The number of para-hydroxylation sites is 1. The van der Waals surface area contributed by atoms with Crippen LogP contribution in [0, 0.1) is 10.1 Å². The molecule has 1 aliphatic rings. The van der Waals surface area contributed by atoms with Crippen molar-refractivity contribution < 1.29 is 14.5 Å². The molecule has 1 heterocycles. The molecule has 1 atom stereocenters. The Morgan fingerprint density at radius 2 is 2.35 bits per heavy atom. The van der Waals surface area contributed by atoms with Crippen LogP contribution in [-0.2, 0) is 4.74 Å². The molecule has 1 aromatic carbocycles. The van der Waals surface area contributed by atoms with Gasteiger partial charge in [-0.25, -0.2) is 0 Å². The molecule has 0 saturated carbocycles. The van der Waals surface area contributed by atoms with Crippen LogP contribution in [0.1, 0.15) is 23.2 Å². The van der Waals surface area contributed by atoms with Gasteiger partial charge in [0.1, 0.15) is 11.3 Å². The van der Waals surface area contributed by atoms with Crippen molar-refractivity contribution in [3.63, 3.8) is 0 Å².